The van der Waals surface area contributed by atoms with Crippen LogP contribution in [-0.4, -0.2) is 11.5 Å². The van der Waals surface area contributed by atoms with Gasteiger partial charge in [-0.3, -0.25) is 0 Å². The van der Waals surface area contributed by atoms with E-state index in [0.29, 0.717) is 12.5 Å². The van der Waals surface area contributed by atoms with E-state index in [1.165, 1.54) is 0 Å². The summed E-state index contributed by atoms with van der Waals surface area (Å²) in [4.78, 5) is 5.41. The average Bonchev–Trinajstić information content (AvgIpc) is 2.85. The minimum absolute atomic E-state index is 0.379. The van der Waals surface area contributed by atoms with Gasteiger partial charge in [0, 0.05) is 17.8 Å². The number of aromatic nitrogens is 1. The molecule has 0 saturated carbocycles. The van der Waals surface area contributed by atoms with Gasteiger partial charge in [-0.1, -0.05) is 36.8 Å². The average molecular weight is 325 g/mol. The first-order valence-corrected chi connectivity index (χ1v) is 8.32. The number of thiazole rings is 1. The summed E-state index contributed by atoms with van der Waals surface area (Å²) in [5.41, 5.74) is 2.18. The van der Waals surface area contributed by atoms with Gasteiger partial charge in [-0.25, -0.2) is 4.98 Å². The molecule has 21 heavy (non-hydrogen) atoms. The molecule has 0 saturated heterocycles. The van der Waals surface area contributed by atoms with Gasteiger partial charge in [0.25, 0.3) is 0 Å². The van der Waals surface area contributed by atoms with E-state index < -0.39 is 0 Å². The molecule has 1 aromatic carbocycles. The maximum absolute atomic E-state index is 6.28. The van der Waals surface area contributed by atoms with E-state index >= 15 is 0 Å². The van der Waals surface area contributed by atoms with Crippen LogP contribution in [0.4, 0.5) is 5.13 Å². The molecule has 0 radical (unpaired) electrons. The molecule has 0 unspecified atom stereocenters. The first-order valence-electron chi connectivity index (χ1n) is 7.12. The van der Waals surface area contributed by atoms with Gasteiger partial charge in [-0.05, 0) is 43.0 Å². The highest BCUT2D eigenvalue weighted by molar-refractivity contribution is 7.15. The molecule has 1 N–H and O–H groups in total. The van der Waals surface area contributed by atoms with Crippen LogP contribution in [0.3, 0.4) is 0 Å². The number of rotatable bonds is 6. The van der Waals surface area contributed by atoms with Crippen molar-refractivity contribution in [3.63, 3.8) is 0 Å². The third kappa shape index (κ3) is 4.11. The molecule has 5 heteroatoms. The second-order valence-electron chi connectivity index (χ2n) is 5.24. The Balaban J connectivity index is 2.10. The van der Waals surface area contributed by atoms with Crippen LogP contribution in [0, 0.1) is 6.92 Å². The number of hydrogen-bond acceptors (Lipinski definition) is 4. The zero-order valence-electron chi connectivity index (χ0n) is 12.9. The van der Waals surface area contributed by atoms with E-state index in [-0.39, 0.29) is 0 Å². The third-order valence-corrected chi connectivity index (χ3v) is 4.42. The zero-order valence-corrected chi connectivity index (χ0v) is 14.4. The molecule has 2 rings (SSSR count). The second-order valence-corrected chi connectivity index (χ2v) is 6.77. The fourth-order valence-electron chi connectivity index (χ4n) is 2.02. The fraction of sp³-hybridized carbons (Fsp3) is 0.438. The Hall–Kier alpha value is -1.26. The normalized spacial score (nSPS) is 11.0. The van der Waals surface area contributed by atoms with Crippen molar-refractivity contribution in [2.24, 2.45) is 0 Å². The molecule has 1 heterocycles. The molecule has 0 fully saturated rings. The van der Waals surface area contributed by atoms with E-state index in [2.05, 4.69) is 37.1 Å². The quantitative estimate of drug-likeness (QED) is 0.789. The van der Waals surface area contributed by atoms with E-state index in [0.717, 1.165) is 38.5 Å². The van der Waals surface area contributed by atoms with Gasteiger partial charge in [0.2, 0.25) is 0 Å². The van der Waals surface area contributed by atoms with E-state index in [4.69, 9.17) is 16.3 Å². The minimum Gasteiger partial charge on any atom is -0.488 e. The topological polar surface area (TPSA) is 34.2 Å². The summed E-state index contributed by atoms with van der Waals surface area (Å²) in [6, 6.07) is 4.03. The van der Waals surface area contributed by atoms with Crippen LogP contribution in [0.2, 0.25) is 5.02 Å². The SMILES string of the molecule is CCNc1ncc(COc2cc(C(C)C)c(Cl)cc2C)s1. The molecular formula is C16H21ClN2OS. The lowest BCUT2D eigenvalue weighted by atomic mass is 10.0. The highest BCUT2D eigenvalue weighted by Gasteiger charge is 2.11. The van der Waals surface area contributed by atoms with Crippen molar-refractivity contribution in [2.75, 3.05) is 11.9 Å². The predicted molar refractivity (Wildman–Crippen MR) is 90.9 cm³/mol. The molecule has 0 aliphatic carbocycles. The van der Waals surface area contributed by atoms with Crippen LogP contribution < -0.4 is 10.1 Å². The van der Waals surface area contributed by atoms with Gasteiger partial charge >= 0.3 is 0 Å². The highest BCUT2D eigenvalue weighted by Crippen LogP contribution is 2.32. The Morgan fingerprint density at radius 2 is 2.14 bits per heavy atom. The standard InChI is InChI=1S/C16H21ClN2OS/c1-5-18-16-19-8-12(21-16)9-20-15-7-13(10(2)3)14(17)6-11(15)4/h6-8,10H,5,9H2,1-4H3,(H,18,19). The number of hydrogen-bond donors (Lipinski definition) is 1. The largest absolute Gasteiger partial charge is 0.488 e. The van der Waals surface area contributed by atoms with Crippen molar-refractivity contribution in [3.05, 3.63) is 39.4 Å². The van der Waals surface area contributed by atoms with Crippen molar-refractivity contribution >= 4 is 28.1 Å². The van der Waals surface area contributed by atoms with Gasteiger partial charge in [-0.2, -0.15) is 0 Å². The predicted octanol–water partition coefficient (Wildman–Crippen LogP) is 5.24. The van der Waals surface area contributed by atoms with Crippen LogP contribution in [-0.2, 0) is 6.61 Å². The number of ether oxygens (including phenoxy) is 1. The minimum atomic E-state index is 0.379. The summed E-state index contributed by atoms with van der Waals surface area (Å²) in [6.07, 6.45) is 1.86. The summed E-state index contributed by atoms with van der Waals surface area (Å²) in [6.45, 7) is 9.74. The molecule has 1 aromatic heterocycles. The molecule has 0 bridgehead atoms. The van der Waals surface area contributed by atoms with Crippen molar-refractivity contribution in [2.45, 2.75) is 40.2 Å². The molecule has 114 valence electrons. The van der Waals surface area contributed by atoms with Crippen molar-refractivity contribution < 1.29 is 4.74 Å². The van der Waals surface area contributed by atoms with Gasteiger partial charge in [0.15, 0.2) is 5.13 Å². The second kappa shape index (κ2) is 7.14. The Kier molecular flexibility index (Phi) is 5.48. The summed E-state index contributed by atoms with van der Waals surface area (Å²) in [7, 11) is 0. The van der Waals surface area contributed by atoms with Crippen LogP contribution in [0.1, 0.15) is 42.7 Å². The zero-order chi connectivity index (χ0) is 15.4. The Labute approximate surface area is 135 Å². The monoisotopic (exact) mass is 324 g/mol. The number of nitrogens with one attached hydrogen (secondary N) is 1. The molecule has 3 nitrogen and oxygen atoms in total. The fourth-order valence-corrected chi connectivity index (χ4v) is 3.25. The van der Waals surface area contributed by atoms with Crippen molar-refractivity contribution in [3.8, 4) is 5.75 Å². The molecule has 0 aliphatic rings. The molecule has 2 aromatic rings. The Morgan fingerprint density at radius 3 is 2.81 bits per heavy atom. The molecule has 0 atom stereocenters. The van der Waals surface area contributed by atoms with Gasteiger partial charge in [0.1, 0.15) is 12.4 Å². The third-order valence-electron chi connectivity index (χ3n) is 3.17. The number of nitrogens with zero attached hydrogens (tertiary/aromatic N) is 1. The van der Waals surface area contributed by atoms with Crippen LogP contribution in [0.5, 0.6) is 5.75 Å². The first kappa shape index (κ1) is 16.1. The van der Waals surface area contributed by atoms with Crippen LogP contribution >= 0.6 is 22.9 Å². The van der Waals surface area contributed by atoms with E-state index in [1.807, 2.05) is 19.2 Å². The lowest BCUT2D eigenvalue weighted by Crippen LogP contribution is -1.98. The van der Waals surface area contributed by atoms with Gasteiger partial charge in [-0.15, -0.1) is 0 Å². The van der Waals surface area contributed by atoms with Gasteiger partial charge in [0.05, 0.1) is 4.88 Å². The lowest BCUT2D eigenvalue weighted by Gasteiger charge is -2.14. The maximum atomic E-state index is 6.28. The van der Waals surface area contributed by atoms with Crippen molar-refractivity contribution in [1.29, 1.82) is 0 Å². The van der Waals surface area contributed by atoms with Crippen molar-refractivity contribution in [1.82, 2.24) is 4.98 Å². The number of halogens is 1. The van der Waals surface area contributed by atoms with Crippen LogP contribution in [0.15, 0.2) is 18.3 Å². The summed E-state index contributed by atoms with van der Waals surface area (Å²) in [5.74, 6) is 1.27. The lowest BCUT2D eigenvalue weighted by molar-refractivity contribution is 0.307. The van der Waals surface area contributed by atoms with E-state index in [9.17, 15) is 0 Å². The van der Waals surface area contributed by atoms with E-state index in [1.54, 1.807) is 11.3 Å². The molecule has 0 spiro atoms. The smallest absolute Gasteiger partial charge is 0.182 e. The Morgan fingerprint density at radius 1 is 1.38 bits per heavy atom. The highest BCUT2D eigenvalue weighted by atomic mass is 35.5. The summed E-state index contributed by atoms with van der Waals surface area (Å²) < 4.78 is 5.94. The van der Waals surface area contributed by atoms with Crippen LogP contribution in [0.25, 0.3) is 0 Å². The molecule has 0 aliphatic heterocycles. The maximum Gasteiger partial charge on any atom is 0.182 e. The number of benzene rings is 1. The first-order chi connectivity index (χ1) is 10.0. The summed E-state index contributed by atoms with van der Waals surface area (Å²) >= 11 is 7.90. The number of anilines is 1. The molecule has 0 amide bonds. The number of aryl methyl sites for hydroxylation is 1. The Bertz CT molecular complexity index is 610. The molecular weight excluding hydrogens is 304 g/mol. The van der Waals surface area contributed by atoms with Gasteiger partial charge < -0.3 is 10.1 Å². The summed E-state index contributed by atoms with van der Waals surface area (Å²) in [5, 5.41) is 4.95.